The van der Waals surface area contributed by atoms with Crippen LogP contribution >= 0.6 is 40.2 Å². The molecule has 0 saturated carbocycles. The quantitative estimate of drug-likeness (QED) is 0.694. The Bertz CT molecular complexity index is 665. The molecule has 0 atom stereocenters. The lowest BCUT2D eigenvalue weighted by molar-refractivity contribution is 0.102. The Morgan fingerprint density at radius 2 is 1.80 bits per heavy atom. The predicted octanol–water partition coefficient (Wildman–Crippen LogP) is 5.26. The summed E-state index contributed by atoms with van der Waals surface area (Å²) in [5.41, 5.74) is 3.20. The molecule has 1 N–H and O–H groups in total. The third-order valence-electron chi connectivity index (χ3n) is 2.93. The number of anilines is 1. The van der Waals surface area contributed by atoms with Gasteiger partial charge in [0.05, 0.1) is 10.6 Å². The fraction of sp³-hybridized carbons (Fsp3) is 0.133. The second kappa shape index (κ2) is 6.20. The first-order chi connectivity index (χ1) is 9.38. The number of carbonyl (C=O) groups excluding carboxylic acids is 1. The van der Waals surface area contributed by atoms with Crippen LogP contribution in [0.1, 0.15) is 21.5 Å². The molecule has 2 aromatic rings. The molecule has 2 aromatic carbocycles. The maximum absolute atomic E-state index is 12.3. The second-order valence-electron chi connectivity index (χ2n) is 4.53. The molecular formula is C15H13BrClNOS. The first-order valence-electron chi connectivity index (χ1n) is 5.95. The summed E-state index contributed by atoms with van der Waals surface area (Å²) in [6.45, 7) is 3.90. The lowest BCUT2D eigenvalue weighted by atomic mass is 10.1. The molecule has 0 aliphatic rings. The lowest BCUT2D eigenvalue weighted by Gasteiger charge is -2.13. The summed E-state index contributed by atoms with van der Waals surface area (Å²) in [7, 11) is 0. The monoisotopic (exact) mass is 369 g/mol. The van der Waals surface area contributed by atoms with E-state index in [0.717, 1.165) is 21.3 Å². The molecule has 0 unspecified atom stereocenters. The standard InChI is InChI=1S/C15H13BrClNOS/c1-8-5-10(16)6-9(2)14(8)18-15(19)12-7-11(20)3-4-13(12)17/h3-7,20H,1-2H3,(H,18,19). The zero-order valence-corrected chi connectivity index (χ0v) is 14.2. The van der Waals surface area contributed by atoms with Crippen LogP contribution in [-0.4, -0.2) is 5.91 Å². The van der Waals surface area contributed by atoms with E-state index in [4.69, 9.17) is 11.6 Å². The van der Waals surface area contributed by atoms with Crippen LogP contribution in [0.5, 0.6) is 0 Å². The molecule has 0 radical (unpaired) electrons. The number of rotatable bonds is 2. The van der Waals surface area contributed by atoms with Gasteiger partial charge in [0.15, 0.2) is 0 Å². The molecule has 2 rings (SSSR count). The predicted molar refractivity (Wildman–Crippen MR) is 90.3 cm³/mol. The van der Waals surface area contributed by atoms with Gasteiger partial charge in [-0.1, -0.05) is 27.5 Å². The summed E-state index contributed by atoms with van der Waals surface area (Å²) in [4.78, 5) is 13.0. The number of benzene rings is 2. The van der Waals surface area contributed by atoms with Gasteiger partial charge in [0.2, 0.25) is 0 Å². The highest BCUT2D eigenvalue weighted by atomic mass is 79.9. The minimum atomic E-state index is -0.237. The van der Waals surface area contributed by atoms with Gasteiger partial charge in [-0.25, -0.2) is 0 Å². The molecule has 0 spiro atoms. The molecule has 0 aliphatic heterocycles. The van der Waals surface area contributed by atoms with Gasteiger partial charge in [0.25, 0.3) is 5.91 Å². The first-order valence-corrected chi connectivity index (χ1v) is 7.57. The van der Waals surface area contributed by atoms with Gasteiger partial charge < -0.3 is 5.32 Å². The molecule has 5 heteroatoms. The van der Waals surface area contributed by atoms with Gasteiger partial charge in [0.1, 0.15) is 0 Å². The lowest BCUT2D eigenvalue weighted by Crippen LogP contribution is -2.14. The molecule has 20 heavy (non-hydrogen) atoms. The number of halogens is 2. The smallest absolute Gasteiger partial charge is 0.257 e. The third-order valence-corrected chi connectivity index (χ3v) is 4.00. The van der Waals surface area contributed by atoms with E-state index >= 15 is 0 Å². The van der Waals surface area contributed by atoms with Gasteiger partial charge >= 0.3 is 0 Å². The van der Waals surface area contributed by atoms with E-state index in [-0.39, 0.29) is 5.91 Å². The van der Waals surface area contributed by atoms with Crippen molar-refractivity contribution in [1.29, 1.82) is 0 Å². The van der Waals surface area contributed by atoms with E-state index in [9.17, 15) is 4.79 Å². The van der Waals surface area contributed by atoms with Crippen LogP contribution in [0.25, 0.3) is 0 Å². The third kappa shape index (κ3) is 3.37. The van der Waals surface area contributed by atoms with Crippen molar-refractivity contribution in [2.24, 2.45) is 0 Å². The zero-order valence-electron chi connectivity index (χ0n) is 11.0. The molecule has 104 valence electrons. The van der Waals surface area contributed by atoms with Gasteiger partial charge in [-0.3, -0.25) is 4.79 Å². The molecule has 1 amide bonds. The number of carbonyl (C=O) groups is 1. The van der Waals surface area contributed by atoms with Crippen molar-refractivity contribution in [3.8, 4) is 0 Å². The largest absolute Gasteiger partial charge is 0.321 e. The summed E-state index contributed by atoms with van der Waals surface area (Å²) in [5.74, 6) is -0.237. The van der Waals surface area contributed by atoms with Crippen LogP contribution in [0.4, 0.5) is 5.69 Å². The van der Waals surface area contributed by atoms with Crippen LogP contribution in [0.2, 0.25) is 5.02 Å². The Kier molecular flexibility index (Phi) is 4.78. The van der Waals surface area contributed by atoms with Crippen molar-refractivity contribution in [2.75, 3.05) is 5.32 Å². The highest BCUT2D eigenvalue weighted by Gasteiger charge is 2.13. The molecule has 2 nitrogen and oxygen atoms in total. The summed E-state index contributed by atoms with van der Waals surface area (Å²) >= 11 is 13.7. The normalized spacial score (nSPS) is 10.4. The highest BCUT2D eigenvalue weighted by molar-refractivity contribution is 9.10. The average Bonchev–Trinajstić information content (AvgIpc) is 2.36. The van der Waals surface area contributed by atoms with Crippen LogP contribution in [0, 0.1) is 13.8 Å². The van der Waals surface area contributed by atoms with E-state index in [2.05, 4.69) is 33.9 Å². The van der Waals surface area contributed by atoms with Gasteiger partial charge in [-0.05, 0) is 55.3 Å². The van der Waals surface area contributed by atoms with Crippen LogP contribution in [0.15, 0.2) is 39.7 Å². The van der Waals surface area contributed by atoms with Crippen LogP contribution < -0.4 is 5.32 Å². The van der Waals surface area contributed by atoms with Gasteiger partial charge in [0, 0.05) is 15.1 Å². The van der Waals surface area contributed by atoms with Crippen molar-refractivity contribution in [3.63, 3.8) is 0 Å². The van der Waals surface area contributed by atoms with Gasteiger partial charge in [-0.2, -0.15) is 0 Å². The van der Waals surface area contributed by atoms with E-state index in [0.29, 0.717) is 15.5 Å². The molecule has 0 fully saturated rings. The topological polar surface area (TPSA) is 29.1 Å². The maximum Gasteiger partial charge on any atom is 0.257 e. The van der Waals surface area contributed by atoms with E-state index in [1.165, 1.54) is 0 Å². The Morgan fingerprint density at radius 3 is 2.40 bits per heavy atom. The first kappa shape index (κ1) is 15.4. The minimum absolute atomic E-state index is 0.237. The Balaban J connectivity index is 2.35. The summed E-state index contributed by atoms with van der Waals surface area (Å²) < 4.78 is 0.987. The molecule has 0 bridgehead atoms. The molecule has 0 aliphatic carbocycles. The fourth-order valence-corrected chi connectivity index (χ4v) is 3.07. The Labute approximate surface area is 137 Å². The van der Waals surface area contributed by atoms with Gasteiger partial charge in [-0.15, -0.1) is 12.6 Å². The van der Waals surface area contributed by atoms with E-state index in [1.807, 2.05) is 26.0 Å². The van der Waals surface area contributed by atoms with Crippen molar-refractivity contribution >= 4 is 51.8 Å². The van der Waals surface area contributed by atoms with Crippen LogP contribution in [-0.2, 0) is 0 Å². The number of hydrogen-bond donors (Lipinski definition) is 2. The van der Waals surface area contributed by atoms with Crippen molar-refractivity contribution < 1.29 is 4.79 Å². The Morgan fingerprint density at radius 1 is 1.20 bits per heavy atom. The fourth-order valence-electron chi connectivity index (χ4n) is 1.98. The number of hydrogen-bond acceptors (Lipinski definition) is 2. The van der Waals surface area contributed by atoms with Crippen molar-refractivity contribution in [1.82, 2.24) is 0 Å². The number of thiol groups is 1. The van der Waals surface area contributed by atoms with Crippen molar-refractivity contribution in [3.05, 3.63) is 56.5 Å². The molecule has 0 heterocycles. The second-order valence-corrected chi connectivity index (χ2v) is 6.37. The zero-order chi connectivity index (χ0) is 14.9. The molecule has 0 saturated heterocycles. The number of nitrogens with one attached hydrogen (secondary N) is 1. The minimum Gasteiger partial charge on any atom is -0.321 e. The summed E-state index contributed by atoms with van der Waals surface area (Å²) in [5, 5.41) is 3.32. The summed E-state index contributed by atoms with van der Waals surface area (Å²) in [6, 6.07) is 8.99. The summed E-state index contributed by atoms with van der Waals surface area (Å²) in [6.07, 6.45) is 0. The van der Waals surface area contributed by atoms with E-state index < -0.39 is 0 Å². The number of amides is 1. The van der Waals surface area contributed by atoms with E-state index in [1.54, 1.807) is 18.2 Å². The molecule has 0 aromatic heterocycles. The highest BCUT2D eigenvalue weighted by Crippen LogP contribution is 2.27. The number of aryl methyl sites for hydroxylation is 2. The molecular weight excluding hydrogens is 358 g/mol. The maximum atomic E-state index is 12.3. The SMILES string of the molecule is Cc1cc(Br)cc(C)c1NC(=O)c1cc(S)ccc1Cl. The van der Waals surface area contributed by atoms with Crippen molar-refractivity contribution in [2.45, 2.75) is 18.7 Å². The average molecular weight is 371 g/mol. The Hall–Kier alpha value is -0.970. The van der Waals surface area contributed by atoms with Crippen LogP contribution in [0.3, 0.4) is 0 Å².